The van der Waals surface area contributed by atoms with Gasteiger partial charge < -0.3 is 39.4 Å². The van der Waals surface area contributed by atoms with Gasteiger partial charge in [-0.3, -0.25) is 0 Å². The highest BCUT2D eigenvalue weighted by Crippen LogP contribution is 2.35. The van der Waals surface area contributed by atoms with Crippen LogP contribution in [0, 0.1) is 0 Å². The van der Waals surface area contributed by atoms with Crippen molar-refractivity contribution in [2.45, 2.75) is 13.0 Å². The predicted octanol–water partition coefficient (Wildman–Crippen LogP) is 6.30. The average Bonchev–Trinajstić information content (AvgIpc) is 2.94. The second-order valence-corrected chi connectivity index (χ2v) is 7.48. The molecule has 0 bridgehead atoms. The first kappa shape index (κ1) is 31.5. The maximum atomic E-state index is 9.33. The summed E-state index contributed by atoms with van der Waals surface area (Å²) in [6.07, 6.45) is -0.0452. The first-order valence-electron chi connectivity index (χ1n) is 11.5. The molecule has 0 fully saturated rings. The molecule has 0 radical (unpaired) electrons. The summed E-state index contributed by atoms with van der Waals surface area (Å²) in [6, 6.07) is 27.4. The van der Waals surface area contributed by atoms with Crippen molar-refractivity contribution in [3.63, 3.8) is 0 Å². The number of hydrogen-bond acceptors (Lipinski definition) is 8. The number of phenolic OH excluding ortho intramolecular Hbond substituents is 4. The fourth-order valence-corrected chi connectivity index (χ4v) is 2.84. The molecule has 4 aromatic carbocycles. The standard InChI is InChI=1S/C9H12O2.C8H10O3.C7H8O2.C6H6O/c1-7(11-2)8-5-3-4-6-9(8)10;1-10-7-5-3-4-6(9)8(7)11-2;1-9-7-4-2-6(8)3-5-7;7-6-4-2-1-3-5-6/h3-7,10H,1-2H3;3-5,9H,1-2H3;2-5,8H,1H3;1-5,7H. The zero-order chi connectivity index (χ0) is 28.3. The lowest BCUT2D eigenvalue weighted by Crippen LogP contribution is -1.95. The maximum absolute atomic E-state index is 9.33. The highest BCUT2D eigenvalue weighted by atomic mass is 16.5. The topological polar surface area (TPSA) is 118 Å². The van der Waals surface area contributed by atoms with Crippen LogP contribution in [0.5, 0.6) is 40.2 Å². The molecule has 0 saturated heterocycles. The molecular weight excluding hydrogens is 488 g/mol. The Hall–Kier alpha value is -4.56. The third-order valence-electron chi connectivity index (χ3n) is 4.94. The quantitative estimate of drug-likeness (QED) is 0.240. The number of methoxy groups -OCH3 is 4. The van der Waals surface area contributed by atoms with Gasteiger partial charge in [0.05, 0.1) is 27.4 Å². The van der Waals surface area contributed by atoms with Crippen LogP contribution in [0.1, 0.15) is 18.6 Å². The lowest BCUT2D eigenvalue weighted by atomic mass is 10.1. The molecule has 4 rings (SSSR count). The van der Waals surface area contributed by atoms with Gasteiger partial charge in [0.1, 0.15) is 23.0 Å². The number of ether oxygens (including phenoxy) is 4. The summed E-state index contributed by atoms with van der Waals surface area (Å²) >= 11 is 0. The number of benzene rings is 4. The molecule has 0 aliphatic rings. The van der Waals surface area contributed by atoms with Gasteiger partial charge in [-0.05, 0) is 61.5 Å². The molecule has 0 saturated carbocycles. The highest BCUT2D eigenvalue weighted by molar-refractivity contribution is 5.50. The summed E-state index contributed by atoms with van der Waals surface area (Å²) in [7, 11) is 6.22. The van der Waals surface area contributed by atoms with Crippen molar-refractivity contribution in [2.24, 2.45) is 0 Å². The molecule has 8 heteroatoms. The minimum atomic E-state index is -0.0452. The van der Waals surface area contributed by atoms with Crippen molar-refractivity contribution in [3.05, 3.63) is 103 Å². The highest BCUT2D eigenvalue weighted by Gasteiger charge is 2.07. The van der Waals surface area contributed by atoms with Crippen molar-refractivity contribution >= 4 is 0 Å². The molecule has 0 amide bonds. The molecule has 4 N–H and O–H groups in total. The predicted molar refractivity (Wildman–Crippen MR) is 148 cm³/mol. The van der Waals surface area contributed by atoms with Crippen LogP contribution in [0.3, 0.4) is 0 Å². The first-order valence-corrected chi connectivity index (χ1v) is 11.5. The zero-order valence-electron chi connectivity index (χ0n) is 22.2. The molecular formula is C30H36O8. The molecule has 1 unspecified atom stereocenters. The normalized spacial score (nSPS) is 10.1. The monoisotopic (exact) mass is 524 g/mol. The summed E-state index contributed by atoms with van der Waals surface area (Å²) in [5.41, 5.74) is 0.829. The van der Waals surface area contributed by atoms with Gasteiger partial charge in [0.2, 0.25) is 5.75 Å². The van der Waals surface area contributed by atoms with Crippen molar-refractivity contribution in [1.29, 1.82) is 0 Å². The molecule has 0 heterocycles. The number of hydrogen-bond donors (Lipinski definition) is 4. The second kappa shape index (κ2) is 17.8. The molecule has 8 nitrogen and oxygen atoms in total. The van der Waals surface area contributed by atoms with Gasteiger partial charge in [-0.15, -0.1) is 0 Å². The van der Waals surface area contributed by atoms with Crippen LogP contribution < -0.4 is 14.2 Å². The average molecular weight is 525 g/mol. The maximum Gasteiger partial charge on any atom is 0.203 e. The zero-order valence-corrected chi connectivity index (χ0v) is 22.2. The second-order valence-electron chi connectivity index (χ2n) is 7.48. The van der Waals surface area contributed by atoms with E-state index in [0.29, 0.717) is 23.0 Å². The Bertz CT molecular complexity index is 1160. The van der Waals surface area contributed by atoms with Crippen molar-refractivity contribution in [3.8, 4) is 40.2 Å². The van der Waals surface area contributed by atoms with Gasteiger partial charge in [-0.25, -0.2) is 0 Å². The minimum Gasteiger partial charge on any atom is -0.508 e. The SMILES string of the molecule is COC(C)c1ccccc1O.COc1ccc(O)cc1.COc1cccc(O)c1OC.Oc1ccccc1. The Morgan fingerprint density at radius 3 is 1.53 bits per heavy atom. The Labute approximate surface area is 223 Å². The van der Waals surface area contributed by atoms with Crippen LogP contribution in [0.2, 0.25) is 0 Å². The Morgan fingerprint density at radius 2 is 1.08 bits per heavy atom. The summed E-state index contributed by atoms with van der Waals surface area (Å²) < 4.78 is 19.7. The van der Waals surface area contributed by atoms with E-state index in [1.165, 1.54) is 14.2 Å². The lowest BCUT2D eigenvalue weighted by Gasteiger charge is -2.10. The van der Waals surface area contributed by atoms with Crippen LogP contribution in [0.15, 0.2) is 97.1 Å². The molecule has 0 aliphatic heterocycles. The van der Waals surface area contributed by atoms with E-state index in [2.05, 4.69) is 0 Å². The van der Waals surface area contributed by atoms with Gasteiger partial charge in [-0.1, -0.05) is 42.5 Å². The molecule has 0 aliphatic carbocycles. The molecule has 204 valence electrons. The van der Waals surface area contributed by atoms with Crippen LogP contribution >= 0.6 is 0 Å². The largest absolute Gasteiger partial charge is 0.508 e. The Kier molecular flexibility index (Phi) is 14.7. The molecule has 1 atom stereocenters. The fourth-order valence-electron chi connectivity index (χ4n) is 2.84. The third kappa shape index (κ3) is 11.5. The number of aromatic hydroxyl groups is 4. The van der Waals surface area contributed by atoms with Crippen LogP contribution in [0.4, 0.5) is 0 Å². The van der Waals surface area contributed by atoms with Crippen LogP contribution in [0.25, 0.3) is 0 Å². The van der Waals surface area contributed by atoms with Gasteiger partial charge in [0.25, 0.3) is 0 Å². The van der Waals surface area contributed by atoms with E-state index >= 15 is 0 Å². The number of phenols is 4. The fraction of sp³-hybridized carbons (Fsp3) is 0.200. The van der Waals surface area contributed by atoms with E-state index < -0.39 is 0 Å². The van der Waals surface area contributed by atoms with E-state index in [-0.39, 0.29) is 17.6 Å². The van der Waals surface area contributed by atoms with Crippen LogP contribution in [-0.2, 0) is 4.74 Å². The lowest BCUT2D eigenvalue weighted by molar-refractivity contribution is 0.117. The van der Waals surface area contributed by atoms with Gasteiger partial charge >= 0.3 is 0 Å². The third-order valence-corrected chi connectivity index (χ3v) is 4.94. The van der Waals surface area contributed by atoms with E-state index in [4.69, 9.17) is 29.2 Å². The van der Waals surface area contributed by atoms with E-state index in [1.54, 1.807) is 93.1 Å². The van der Waals surface area contributed by atoms with Crippen molar-refractivity contribution in [1.82, 2.24) is 0 Å². The number of rotatable bonds is 5. The van der Waals surface area contributed by atoms with Crippen molar-refractivity contribution < 1.29 is 39.4 Å². The first-order chi connectivity index (χ1) is 18.3. The van der Waals surface area contributed by atoms with E-state index in [1.807, 2.05) is 25.1 Å². The van der Waals surface area contributed by atoms with E-state index in [0.717, 1.165) is 11.3 Å². The Morgan fingerprint density at radius 1 is 0.526 bits per heavy atom. The molecule has 4 aromatic rings. The van der Waals surface area contributed by atoms with Gasteiger partial charge in [-0.2, -0.15) is 0 Å². The van der Waals surface area contributed by atoms with Gasteiger partial charge in [0.15, 0.2) is 11.5 Å². The number of para-hydroxylation sites is 3. The molecule has 38 heavy (non-hydrogen) atoms. The molecule has 0 aromatic heterocycles. The van der Waals surface area contributed by atoms with E-state index in [9.17, 15) is 10.2 Å². The summed E-state index contributed by atoms with van der Waals surface area (Å²) in [4.78, 5) is 0. The summed E-state index contributed by atoms with van der Waals surface area (Å²) in [5.74, 6) is 2.63. The minimum absolute atomic E-state index is 0.0452. The Balaban J connectivity index is 0.000000257. The smallest absolute Gasteiger partial charge is 0.203 e. The van der Waals surface area contributed by atoms with Crippen LogP contribution in [-0.4, -0.2) is 48.9 Å². The molecule has 0 spiro atoms. The van der Waals surface area contributed by atoms with Crippen molar-refractivity contribution in [2.75, 3.05) is 28.4 Å². The van der Waals surface area contributed by atoms with Gasteiger partial charge in [0, 0.05) is 12.7 Å². The summed E-state index contributed by atoms with van der Waals surface area (Å²) in [6.45, 7) is 1.90. The summed E-state index contributed by atoms with van der Waals surface area (Å²) in [5, 5.41) is 36.0.